The third-order valence-corrected chi connectivity index (χ3v) is 7.53. The van der Waals surface area contributed by atoms with Crippen LogP contribution in [0.4, 0.5) is 0 Å². The molecular formula is C23H38N4O10. The molecule has 0 aromatic heterocycles. The van der Waals surface area contributed by atoms with Crippen LogP contribution in [0.25, 0.3) is 0 Å². The molecule has 14 nitrogen and oxygen atoms in total. The van der Waals surface area contributed by atoms with E-state index in [2.05, 4.69) is 0 Å². The maximum absolute atomic E-state index is 11.7. The van der Waals surface area contributed by atoms with Gasteiger partial charge >= 0.3 is 0 Å². The second kappa shape index (κ2) is 11.4. The topological polar surface area (TPSA) is 262 Å². The van der Waals surface area contributed by atoms with Crippen LogP contribution in [0.5, 0.6) is 0 Å². The highest BCUT2D eigenvalue weighted by Crippen LogP contribution is 2.40. The van der Waals surface area contributed by atoms with Gasteiger partial charge < -0.3 is 72.5 Å². The molecule has 14 N–H and O–H groups in total. The van der Waals surface area contributed by atoms with Crippen LogP contribution < -0.4 is 22.9 Å². The van der Waals surface area contributed by atoms with Gasteiger partial charge in [0, 0.05) is 18.6 Å². The molecule has 1 aromatic carbocycles. The highest BCUT2D eigenvalue weighted by atomic mass is 16.8. The molecule has 0 spiro atoms. The Labute approximate surface area is 213 Å². The summed E-state index contributed by atoms with van der Waals surface area (Å²) >= 11 is 0. The van der Waals surface area contributed by atoms with Crippen LogP contribution in [-0.2, 0) is 24.5 Å². The van der Waals surface area contributed by atoms with E-state index in [0.29, 0.717) is 5.56 Å². The standard InChI is InChI=1S/C23H38N4O10/c24-7-11-16(30)17(31)14(27)21(34-11)36-19-12(8-28)35-22(18(19)32)37-20-15(29)10(25)6-13(26)23(20,33)9-4-2-1-3-5-9/h1-5,10-22,28-33H,6-8,24-27H2/t10-,11-,12-,13+,14+,15+,16+,17+,18-,19-,20-,21+,22+,23+/m1/s1. The van der Waals surface area contributed by atoms with Gasteiger partial charge in [-0.25, -0.2) is 0 Å². The molecule has 1 aliphatic carbocycles. The number of rotatable bonds is 7. The van der Waals surface area contributed by atoms with Gasteiger partial charge in [0.05, 0.1) is 18.8 Å². The molecule has 37 heavy (non-hydrogen) atoms. The quantitative estimate of drug-likeness (QED) is 0.158. The van der Waals surface area contributed by atoms with E-state index in [1.165, 1.54) is 0 Å². The summed E-state index contributed by atoms with van der Waals surface area (Å²) in [5.74, 6) is 0. The van der Waals surface area contributed by atoms with Gasteiger partial charge in [0.1, 0.15) is 48.3 Å². The highest BCUT2D eigenvalue weighted by molar-refractivity contribution is 5.29. The number of aliphatic hydroxyl groups is 6. The van der Waals surface area contributed by atoms with Crippen molar-refractivity contribution in [2.75, 3.05) is 13.2 Å². The summed E-state index contributed by atoms with van der Waals surface area (Å²) in [7, 11) is 0. The molecule has 1 aromatic rings. The van der Waals surface area contributed by atoms with Crippen molar-refractivity contribution in [3.05, 3.63) is 35.9 Å². The second-order valence-corrected chi connectivity index (χ2v) is 9.90. The van der Waals surface area contributed by atoms with E-state index < -0.39 is 91.7 Å². The van der Waals surface area contributed by atoms with Crippen LogP contribution in [0, 0.1) is 0 Å². The Morgan fingerprint density at radius 2 is 1.51 bits per heavy atom. The zero-order valence-corrected chi connectivity index (χ0v) is 20.1. The number of nitrogens with two attached hydrogens (primary N) is 4. The summed E-state index contributed by atoms with van der Waals surface area (Å²) < 4.78 is 23.0. The molecule has 0 unspecified atom stereocenters. The lowest BCUT2D eigenvalue weighted by Crippen LogP contribution is -2.68. The molecule has 14 atom stereocenters. The van der Waals surface area contributed by atoms with Crippen LogP contribution in [0.15, 0.2) is 30.3 Å². The summed E-state index contributed by atoms with van der Waals surface area (Å²) in [6, 6.07) is 5.43. The molecule has 3 fully saturated rings. The molecule has 1 saturated carbocycles. The minimum Gasteiger partial charge on any atom is -0.394 e. The van der Waals surface area contributed by atoms with Crippen molar-refractivity contribution in [2.45, 2.75) is 91.6 Å². The Hall–Kier alpha value is -1.34. The highest BCUT2D eigenvalue weighted by Gasteiger charge is 2.57. The average Bonchev–Trinajstić information content (AvgIpc) is 3.20. The molecule has 2 aliphatic heterocycles. The summed E-state index contributed by atoms with van der Waals surface area (Å²) in [5.41, 5.74) is 22.4. The lowest BCUT2D eigenvalue weighted by Gasteiger charge is -2.49. The Morgan fingerprint density at radius 3 is 2.14 bits per heavy atom. The molecule has 2 saturated heterocycles. The van der Waals surface area contributed by atoms with E-state index >= 15 is 0 Å². The van der Waals surface area contributed by atoms with Gasteiger partial charge in [-0.2, -0.15) is 0 Å². The van der Waals surface area contributed by atoms with Crippen LogP contribution in [0.2, 0.25) is 0 Å². The molecule has 4 rings (SSSR count). The molecular weight excluding hydrogens is 492 g/mol. The Kier molecular flexibility index (Phi) is 8.84. The van der Waals surface area contributed by atoms with E-state index in [1.807, 2.05) is 0 Å². The van der Waals surface area contributed by atoms with Crippen molar-refractivity contribution in [1.82, 2.24) is 0 Å². The Bertz CT molecular complexity index is 886. The SMILES string of the molecule is NC[C@H]1O[C@@H](O[C@H]2[C@@H](O)[C@H](O[C@@H]3[C@@H](O)[C@H](N)C[C@H](N)[C@@]3(O)c3ccccc3)O[C@@H]2CO)[C@@H](N)[C@H](O)[C@H]1O. The van der Waals surface area contributed by atoms with Gasteiger partial charge in [-0.05, 0) is 12.0 Å². The van der Waals surface area contributed by atoms with Crippen LogP contribution in [0.3, 0.4) is 0 Å². The second-order valence-electron chi connectivity index (χ2n) is 9.90. The lowest BCUT2D eigenvalue weighted by molar-refractivity contribution is -0.282. The first-order valence-electron chi connectivity index (χ1n) is 12.2. The molecule has 2 heterocycles. The smallest absolute Gasteiger partial charge is 0.187 e. The van der Waals surface area contributed by atoms with Crippen LogP contribution in [0.1, 0.15) is 12.0 Å². The minimum absolute atomic E-state index is 0.0961. The van der Waals surface area contributed by atoms with Crippen molar-refractivity contribution in [3.8, 4) is 0 Å². The van der Waals surface area contributed by atoms with Crippen LogP contribution >= 0.6 is 0 Å². The number of ether oxygens (including phenoxy) is 4. The molecule has 210 valence electrons. The fourth-order valence-electron chi connectivity index (χ4n) is 5.28. The van der Waals surface area contributed by atoms with Crippen molar-refractivity contribution < 1.29 is 49.6 Å². The monoisotopic (exact) mass is 530 g/mol. The van der Waals surface area contributed by atoms with Crippen molar-refractivity contribution in [3.63, 3.8) is 0 Å². The predicted molar refractivity (Wildman–Crippen MR) is 126 cm³/mol. The first-order valence-corrected chi connectivity index (χ1v) is 12.2. The minimum atomic E-state index is -1.89. The average molecular weight is 531 g/mol. The summed E-state index contributed by atoms with van der Waals surface area (Å²) in [5, 5.41) is 63.9. The zero-order valence-electron chi connectivity index (χ0n) is 20.1. The van der Waals surface area contributed by atoms with E-state index in [9.17, 15) is 30.6 Å². The molecule has 0 amide bonds. The zero-order chi connectivity index (χ0) is 27.1. The van der Waals surface area contributed by atoms with E-state index in [-0.39, 0.29) is 13.0 Å². The number of aliphatic hydroxyl groups excluding tert-OH is 5. The van der Waals surface area contributed by atoms with E-state index in [1.54, 1.807) is 30.3 Å². The van der Waals surface area contributed by atoms with Gasteiger partial charge in [0.25, 0.3) is 0 Å². The third-order valence-electron chi connectivity index (χ3n) is 7.53. The van der Waals surface area contributed by atoms with Gasteiger partial charge in [-0.15, -0.1) is 0 Å². The first kappa shape index (κ1) is 28.7. The normalized spacial score (nSPS) is 48.8. The Balaban J connectivity index is 1.55. The fourth-order valence-corrected chi connectivity index (χ4v) is 5.28. The largest absolute Gasteiger partial charge is 0.394 e. The predicted octanol–water partition coefficient (Wildman–Crippen LogP) is -5.13. The molecule has 3 aliphatic rings. The van der Waals surface area contributed by atoms with Gasteiger partial charge in [0.15, 0.2) is 12.6 Å². The summed E-state index contributed by atoms with van der Waals surface area (Å²) in [4.78, 5) is 0. The van der Waals surface area contributed by atoms with Crippen molar-refractivity contribution >= 4 is 0 Å². The van der Waals surface area contributed by atoms with Crippen molar-refractivity contribution in [2.24, 2.45) is 22.9 Å². The maximum Gasteiger partial charge on any atom is 0.187 e. The number of hydrogen-bond donors (Lipinski definition) is 10. The van der Waals surface area contributed by atoms with E-state index in [0.717, 1.165) is 0 Å². The Morgan fingerprint density at radius 1 is 0.865 bits per heavy atom. The van der Waals surface area contributed by atoms with Crippen LogP contribution in [-0.4, -0.2) is 123 Å². The first-order chi connectivity index (χ1) is 17.5. The molecule has 0 bridgehead atoms. The summed E-state index contributed by atoms with van der Waals surface area (Å²) in [6.07, 6.45) is -13.2. The molecule has 0 radical (unpaired) electrons. The molecule has 14 heteroatoms. The van der Waals surface area contributed by atoms with Gasteiger partial charge in [-0.1, -0.05) is 30.3 Å². The third kappa shape index (κ3) is 5.16. The number of benzene rings is 1. The maximum atomic E-state index is 11.7. The van der Waals surface area contributed by atoms with Gasteiger partial charge in [0.2, 0.25) is 0 Å². The lowest BCUT2D eigenvalue weighted by atomic mass is 9.71. The van der Waals surface area contributed by atoms with E-state index in [4.69, 9.17) is 41.9 Å². The number of hydrogen-bond acceptors (Lipinski definition) is 14. The van der Waals surface area contributed by atoms with Gasteiger partial charge in [-0.3, -0.25) is 0 Å². The fraction of sp³-hybridized carbons (Fsp3) is 0.739. The van der Waals surface area contributed by atoms with Crippen molar-refractivity contribution in [1.29, 1.82) is 0 Å². The summed E-state index contributed by atoms with van der Waals surface area (Å²) in [6.45, 7) is -0.744.